The molecule has 192 valence electrons. The third-order valence-electron chi connectivity index (χ3n) is 7.08. The molecular weight excluding hydrogens is 492 g/mol. The Morgan fingerprint density at radius 1 is 0.775 bits per heavy atom. The SMILES string of the molecule is C=C(Cc1ccccc1)Nc1cncc(-c2ccc3[nH]nc(-c4cc5c(-c6ccccn6)cccc5[nH]4)c3c2)c1. The van der Waals surface area contributed by atoms with Crippen LogP contribution in [-0.2, 0) is 6.42 Å². The number of allylic oxidation sites excluding steroid dienone is 1. The van der Waals surface area contributed by atoms with Crippen molar-refractivity contribution in [3.05, 3.63) is 133 Å². The molecule has 0 saturated heterocycles. The van der Waals surface area contributed by atoms with Crippen LogP contribution in [0.3, 0.4) is 0 Å². The Balaban J connectivity index is 1.21. The van der Waals surface area contributed by atoms with Gasteiger partial charge in [-0.25, -0.2) is 0 Å². The highest BCUT2D eigenvalue weighted by molar-refractivity contribution is 6.01. The van der Waals surface area contributed by atoms with E-state index in [-0.39, 0.29) is 0 Å². The first kappa shape index (κ1) is 23.6. The lowest BCUT2D eigenvalue weighted by molar-refractivity contribution is 1.12. The minimum atomic E-state index is 0.752. The normalized spacial score (nSPS) is 11.2. The van der Waals surface area contributed by atoms with Crippen molar-refractivity contribution in [2.75, 3.05) is 5.32 Å². The van der Waals surface area contributed by atoms with E-state index in [1.165, 1.54) is 5.56 Å². The lowest BCUT2D eigenvalue weighted by Gasteiger charge is -2.11. The number of rotatable bonds is 7. The fraction of sp³-hybridized carbons (Fsp3) is 0.0294. The lowest BCUT2D eigenvalue weighted by Crippen LogP contribution is -2.02. The molecule has 6 nitrogen and oxygen atoms in total. The Hall–Kier alpha value is -5.49. The number of aromatic nitrogens is 5. The van der Waals surface area contributed by atoms with E-state index < -0.39 is 0 Å². The second-order valence-electron chi connectivity index (χ2n) is 9.85. The van der Waals surface area contributed by atoms with E-state index >= 15 is 0 Å². The summed E-state index contributed by atoms with van der Waals surface area (Å²) in [6.07, 6.45) is 6.28. The zero-order valence-electron chi connectivity index (χ0n) is 21.7. The number of benzene rings is 3. The summed E-state index contributed by atoms with van der Waals surface area (Å²) in [4.78, 5) is 12.6. The summed E-state index contributed by atoms with van der Waals surface area (Å²) in [7, 11) is 0. The van der Waals surface area contributed by atoms with Gasteiger partial charge in [0.2, 0.25) is 0 Å². The number of hydrogen-bond donors (Lipinski definition) is 3. The van der Waals surface area contributed by atoms with Crippen molar-refractivity contribution in [1.29, 1.82) is 0 Å². The van der Waals surface area contributed by atoms with Gasteiger partial charge in [-0.15, -0.1) is 0 Å². The van der Waals surface area contributed by atoms with Crippen molar-refractivity contribution >= 4 is 27.5 Å². The zero-order chi connectivity index (χ0) is 26.9. The summed E-state index contributed by atoms with van der Waals surface area (Å²) in [6.45, 7) is 4.21. The first-order valence-electron chi connectivity index (χ1n) is 13.2. The fourth-order valence-corrected chi connectivity index (χ4v) is 5.18. The molecule has 0 aliphatic rings. The molecule has 0 saturated carbocycles. The molecule has 0 bridgehead atoms. The summed E-state index contributed by atoms with van der Waals surface area (Å²) in [6, 6.07) is 33.1. The van der Waals surface area contributed by atoms with Crippen molar-refractivity contribution in [3.8, 4) is 33.8 Å². The predicted octanol–water partition coefficient (Wildman–Crippen LogP) is 8.00. The Morgan fingerprint density at radius 2 is 1.68 bits per heavy atom. The summed E-state index contributed by atoms with van der Waals surface area (Å²) in [5.74, 6) is 0. The summed E-state index contributed by atoms with van der Waals surface area (Å²) < 4.78 is 0. The van der Waals surface area contributed by atoms with Crippen LogP contribution >= 0.6 is 0 Å². The quantitative estimate of drug-likeness (QED) is 0.200. The van der Waals surface area contributed by atoms with Gasteiger partial charge in [0.15, 0.2) is 0 Å². The van der Waals surface area contributed by atoms with Crippen molar-refractivity contribution in [2.24, 2.45) is 0 Å². The van der Waals surface area contributed by atoms with E-state index in [1.807, 2.05) is 55.0 Å². The summed E-state index contributed by atoms with van der Waals surface area (Å²) in [5.41, 5.74) is 11.0. The van der Waals surface area contributed by atoms with E-state index in [2.05, 4.69) is 97.7 Å². The maximum absolute atomic E-state index is 4.68. The van der Waals surface area contributed by atoms with E-state index in [1.54, 1.807) is 0 Å². The van der Waals surface area contributed by atoms with E-state index in [0.717, 1.165) is 73.4 Å². The second kappa shape index (κ2) is 10.0. The molecule has 7 aromatic rings. The van der Waals surface area contributed by atoms with Gasteiger partial charge in [0, 0.05) is 51.9 Å². The molecule has 0 aliphatic heterocycles. The van der Waals surface area contributed by atoms with Gasteiger partial charge < -0.3 is 10.3 Å². The molecule has 40 heavy (non-hydrogen) atoms. The Bertz CT molecular complexity index is 1970. The van der Waals surface area contributed by atoms with Crippen LogP contribution in [0, 0.1) is 0 Å². The number of fused-ring (bicyclic) bond motifs is 2. The minimum absolute atomic E-state index is 0.752. The number of nitrogens with zero attached hydrogens (tertiary/aromatic N) is 3. The van der Waals surface area contributed by atoms with Crippen LogP contribution in [0.2, 0.25) is 0 Å². The van der Waals surface area contributed by atoms with Gasteiger partial charge in [0.1, 0.15) is 5.69 Å². The van der Waals surface area contributed by atoms with Gasteiger partial charge in [-0.05, 0) is 53.6 Å². The maximum Gasteiger partial charge on any atom is 0.116 e. The molecule has 4 aromatic heterocycles. The van der Waals surface area contributed by atoms with Gasteiger partial charge in [0.25, 0.3) is 0 Å². The number of nitrogens with one attached hydrogen (secondary N) is 3. The molecule has 3 aromatic carbocycles. The molecule has 0 amide bonds. The minimum Gasteiger partial charge on any atom is -0.358 e. The lowest BCUT2D eigenvalue weighted by atomic mass is 10.0. The van der Waals surface area contributed by atoms with E-state index in [0.29, 0.717) is 0 Å². The molecule has 0 aliphatic carbocycles. The average Bonchev–Trinajstić information content (AvgIpc) is 3.62. The van der Waals surface area contributed by atoms with Gasteiger partial charge in [-0.1, -0.05) is 61.2 Å². The van der Waals surface area contributed by atoms with Gasteiger partial charge in [-0.3, -0.25) is 15.1 Å². The Labute approximate surface area is 231 Å². The monoisotopic (exact) mass is 518 g/mol. The van der Waals surface area contributed by atoms with E-state index in [9.17, 15) is 0 Å². The van der Waals surface area contributed by atoms with Crippen LogP contribution in [0.15, 0.2) is 128 Å². The average molecular weight is 519 g/mol. The van der Waals surface area contributed by atoms with Crippen LogP contribution in [-0.4, -0.2) is 25.1 Å². The smallest absolute Gasteiger partial charge is 0.116 e. The maximum atomic E-state index is 4.68. The number of pyridine rings is 2. The highest BCUT2D eigenvalue weighted by Crippen LogP contribution is 2.35. The van der Waals surface area contributed by atoms with Gasteiger partial charge >= 0.3 is 0 Å². The molecule has 3 N–H and O–H groups in total. The Kier molecular flexibility index (Phi) is 5.90. The number of aromatic amines is 2. The highest BCUT2D eigenvalue weighted by Gasteiger charge is 2.15. The molecule has 0 radical (unpaired) electrons. The topological polar surface area (TPSA) is 82.3 Å². The van der Waals surface area contributed by atoms with Crippen LogP contribution in [0.25, 0.3) is 55.6 Å². The molecule has 4 heterocycles. The van der Waals surface area contributed by atoms with Crippen LogP contribution in [0.1, 0.15) is 5.56 Å². The standard InChI is InChI=1S/C34H26N6/c1-22(16-23-8-3-2-4-9-23)37-26-17-25(20-35-21-26)24-13-14-32-29(18-24)34(40-39-32)33-19-28-27(10-7-12-31(28)38-33)30-11-5-6-15-36-30/h2-15,17-21,37-38H,1,16H2,(H,39,40). The molecule has 0 fully saturated rings. The second-order valence-corrected chi connectivity index (χ2v) is 9.85. The Morgan fingerprint density at radius 3 is 2.55 bits per heavy atom. The predicted molar refractivity (Wildman–Crippen MR) is 163 cm³/mol. The molecule has 0 unspecified atom stereocenters. The zero-order valence-corrected chi connectivity index (χ0v) is 21.7. The number of hydrogen-bond acceptors (Lipinski definition) is 4. The molecule has 7 rings (SSSR count). The van der Waals surface area contributed by atoms with Gasteiger partial charge in [-0.2, -0.15) is 5.10 Å². The van der Waals surface area contributed by atoms with Gasteiger partial charge in [0.05, 0.1) is 28.8 Å². The first-order chi connectivity index (χ1) is 19.7. The van der Waals surface area contributed by atoms with Crippen LogP contribution in [0.5, 0.6) is 0 Å². The highest BCUT2D eigenvalue weighted by atomic mass is 15.1. The van der Waals surface area contributed by atoms with Crippen LogP contribution in [0.4, 0.5) is 5.69 Å². The number of H-pyrrole nitrogens is 2. The van der Waals surface area contributed by atoms with Crippen molar-refractivity contribution in [1.82, 2.24) is 25.1 Å². The number of anilines is 1. The third kappa shape index (κ3) is 4.52. The van der Waals surface area contributed by atoms with Crippen molar-refractivity contribution in [3.63, 3.8) is 0 Å². The van der Waals surface area contributed by atoms with Crippen molar-refractivity contribution < 1.29 is 0 Å². The van der Waals surface area contributed by atoms with Crippen LogP contribution < -0.4 is 5.32 Å². The molecular formula is C34H26N6. The molecule has 6 heteroatoms. The molecule has 0 spiro atoms. The third-order valence-corrected chi connectivity index (χ3v) is 7.08. The van der Waals surface area contributed by atoms with E-state index in [4.69, 9.17) is 0 Å². The summed E-state index contributed by atoms with van der Waals surface area (Å²) >= 11 is 0. The first-order valence-corrected chi connectivity index (χ1v) is 13.2. The van der Waals surface area contributed by atoms with Crippen molar-refractivity contribution in [2.45, 2.75) is 6.42 Å². The largest absolute Gasteiger partial charge is 0.358 e. The molecule has 0 atom stereocenters. The summed E-state index contributed by atoms with van der Waals surface area (Å²) in [5, 5.41) is 13.4. The fourth-order valence-electron chi connectivity index (χ4n) is 5.18.